The molecule has 1 aromatic carbocycles. The minimum Gasteiger partial charge on any atom is -0.467 e. The van der Waals surface area contributed by atoms with Crippen molar-refractivity contribution in [2.24, 2.45) is 7.05 Å². The van der Waals surface area contributed by atoms with Gasteiger partial charge in [-0.05, 0) is 18.6 Å². The lowest BCUT2D eigenvalue weighted by Gasteiger charge is -2.24. The first kappa shape index (κ1) is 16.7. The molecular weight excluding hydrogens is 326 g/mol. The molecule has 1 aromatic heterocycles. The highest BCUT2D eigenvalue weighted by molar-refractivity contribution is 6.01. The number of benzene rings is 1. The number of rotatable bonds is 2. The molecular formula is C16H17N5O4. The van der Waals surface area contributed by atoms with Gasteiger partial charge in [0.05, 0.1) is 36.3 Å². The van der Waals surface area contributed by atoms with E-state index in [1.165, 1.54) is 12.0 Å². The number of nitrogens with zero attached hydrogens (tertiary/aromatic N) is 4. The fraction of sp³-hybridized carbons (Fsp3) is 0.375. The van der Waals surface area contributed by atoms with Crippen molar-refractivity contribution in [1.29, 1.82) is 5.26 Å². The molecule has 130 valence electrons. The van der Waals surface area contributed by atoms with Crippen molar-refractivity contribution in [2.75, 3.05) is 19.0 Å². The zero-order valence-electron chi connectivity index (χ0n) is 13.8. The van der Waals surface area contributed by atoms with Crippen LogP contribution in [0, 0.1) is 11.3 Å². The lowest BCUT2D eigenvalue weighted by atomic mass is 10.1. The van der Waals surface area contributed by atoms with Gasteiger partial charge in [0, 0.05) is 13.6 Å². The number of imidazole rings is 1. The zero-order valence-corrected chi connectivity index (χ0v) is 13.8. The van der Waals surface area contributed by atoms with Gasteiger partial charge in [0.15, 0.2) is 6.04 Å². The summed E-state index contributed by atoms with van der Waals surface area (Å²) in [5.74, 6) is -0.664. The molecule has 0 radical (unpaired) electrons. The third-order valence-electron chi connectivity index (χ3n) is 4.30. The minimum absolute atomic E-state index is 0.231. The molecule has 0 spiro atoms. The Hall–Kier alpha value is -3.12. The predicted molar refractivity (Wildman–Crippen MR) is 87.6 cm³/mol. The molecule has 1 aliphatic rings. The fourth-order valence-corrected chi connectivity index (χ4v) is 3.06. The van der Waals surface area contributed by atoms with Gasteiger partial charge in [0.25, 0.3) is 0 Å². The van der Waals surface area contributed by atoms with Gasteiger partial charge in [-0.3, -0.25) is 0 Å². The van der Waals surface area contributed by atoms with E-state index in [9.17, 15) is 20.0 Å². The predicted octanol–water partition coefficient (Wildman–Crippen LogP) is 0.585. The molecule has 1 saturated heterocycles. The van der Waals surface area contributed by atoms with Crippen LogP contribution in [0.2, 0.25) is 0 Å². The van der Waals surface area contributed by atoms with Crippen LogP contribution in [0.3, 0.4) is 0 Å². The maximum Gasteiger partial charge on any atom is 0.331 e. The number of carbonyl (C=O) groups is 2. The number of hydrogen-bond donors (Lipinski definition) is 2. The van der Waals surface area contributed by atoms with Crippen molar-refractivity contribution in [3.05, 3.63) is 24.0 Å². The number of aryl methyl sites for hydroxylation is 1. The van der Waals surface area contributed by atoms with Crippen LogP contribution in [0.5, 0.6) is 0 Å². The van der Waals surface area contributed by atoms with Crippen LogP contribution < -0.4 is 5.32 Å². The average Bonchev–Trinajstić information content (AvgIpc) is 3.18. The summed E-state index contributed by atoms with van der Waals surface area (Å²) in [7, 11) is 2.97. The zero-order chi connectivity index (χ0) is 18.1. The highest BCUT2D eigenvalue weighted by Crippen LogP contribution is 2.26. The lowest BCUT2D eigenvalue weighted by Crippen LogP contribution is -2.47. The summed E-state index contributed by atoms with van der Waals surface area (Å²) in [6, 6.07) is 3.69. The number of esters is 1. The third-order valence-corrected chi connectivity index (χ3v) is 4.30. The van der Waals surface area contributed by atoms with Crippen LogP contribution >= 0.6 is 0 Å². The van der Waals surface area contributed by atoms with Gasteiger partial charge in [0.1, 0.15) is 11.6 Å². The second-order valence-corrected chi connectivity index (χ2v) is 5.77. The Kier molecular flexibility index (Phi) is 4.29. The second kappa shape index (κ2) is 6.41. The molecule has 1 unspecified atom stereocenters. The van der Waals surface area contributed by atoms with E-state index in [2.05, 4.69) is 21.1 Å². The van der Waals surface area contributed by atoms with Crippen LogP contribution in [0.25, 0.3) is 11.0 Å². The van der Waals surface area contributed by atoms with E-state index in [0.717, 1.165) is 0 Å². The molecule has 0 bridgehead atoms. The summed E-state index contributed by atoms with van der Waals surface area (Å²) < 4.78 is 6.36. The molecule has 2 N–H and O–H groups in total. The number of urea groups is 1. The maximum absolute atomic E-state index is 12.6. The van der Waals surface area contributed by atoms with Gasteiger partial charge in [0.2, 0.25) is 0 Å². The number of methoxy groups -OCH3 is 1. The Morgan fingerprint density at radius 3 is 2.92 bits per heavy atom. The maximum atomic E-state index is 12.6. The summed E-state index contributed by atoms with van der Waals surface area (Å²) in [6.45, 7) is 0.231. The molecule has 25 heavy (non-hydrogen) atoms. The number of hydrogen-bond acceptors (Lipinski definition) is 6. The van der Waals surface area contributed by atoms with Crippen LogP contribution in [-0.2, 0) is 16.6 Å². The molecule has 0 saturated carbocycles. The van der Waals surface area contributed by atoms with Gasteiger partial charge in [-0.2, -0.15) is 5.26 Å². The van der Waals surface area contributed by atoms with Crippen LogP contribution in [0.1, 0.15) is 12.0 Å². The molecule has 2 amide bonds. The standard InChI is InChI=1S/C16H17N5O4/c1-20-8-18-12-10(4-3-9(7-17)13(12)20)19-16(24)21-6-5-11(22)14(21)15(23)25-2/h3-4,8,11,14,22H,5-6H2,1-2H3,(H,19,24)/t11?,14-/m0/s1. The van der Waals surface area contributed by atoms with Crippen molar-refractivity contribution in [1.82, 2.24) is 14.5 Å². The average molecular weight is 343 g/mol. The molecule has 1 fully saturated rings. The van der Waals surface area contributed by atoms with Crippen LogP contribution in [0.4, 0.5) is 10.5 Å². The number of aliphatic hydroxyl groups excluding tert-OH is 1. The van der Waals surface area contributed by atoms with E-state index in [1.54, 1.807) is 30.1 Å². The van der Waals surface area contributed by atoms with Gasteiger partial charge in [-0.25, -0.2) is 14.6 Å². The summed E-state index contributed by atoms with van der Waals surface area (Å²) >= 11 is 0. The number of nitrogens with one attached hydrogen (secondary N) is 1. The molecule has 2 aromatic rings. The smallest absolute Gasteiger partial charge is 0.331 e. The Balaban J connectivity index is 1.90. The number of carbonyl (C=O) groups excluding carboxylic acids is 2. The first-order valence-electron chi connectivity index (χ1n) is 7.65. The van der Waals surface area contributed by atoms with Crippen LogP contribution in [-0.4, -0.2) is 57.4 Å². The van der Waals surface area contributed by atoms with E-state index >= 15 is 0 Å². The highest BCUT2D eigenvalue weighted by atomic mass is 16.5. The van der Waals surface area contributed by atoms with Crippen LogP contribution in [0.15, 0.2) is 18.5 Å². The SMILES string of the molecule is COC(=O)[C@@H]1C(O)CCN1C(=O)Nc1ccc(C#N)c2c1ncn2C. The molecule has 3 rings (SSSR count). The van der Waals surface area contributed by atoms with E-state index in [1.807, 2.05) is 0 Å². The number of likely N-dealkylation sites (tertiary alicyclic amines) is 1. The third kappa shape index (κ3) is 2.77. The fourth-order valence-electron chi connectivity index (χ4n) is 3.06. The summed E-state index contributed by atoms with van der Waals surface area (Å²) in [6.07, 6.45) is 0.881. The second-order valence-electron chi connectivity index (χ2n) is 5.77. The Morgan fingerprint density at radius 1 is 1.48 bits per heavy atom. The largest absolute Gasteiger partial charge is 0.467 e. The molecule has 1 aliphatic heterocycles. The Labute approximate surface area is 143 Å². The number of ether oxygens (including phenoxy) is 1. The normalized spacial score (nSPS) is 19.7. The Bertz CT molecular complexity index is 885. The highest BCUT2D eigenvalue weighted by Gasteiger charge is 2.42. The van der Waals surface area contributed by atoms with Gasteiger partial charge < -0.3 is 24.6 Å². The van der Waals surface area contributed by atoms with E-state index in [-0.39, 0.29) is 6.54 Å². The van der Waals surface area contributed by atoms with Gasteiger partial charge in [-0.15, -0.1) is 0 Å². The summed E-state index contributed by atoms with van der Waals surface area (Å²) in [4.78, 5) is 29.9. The van der Waals surface area contributed by atoms with Crippen molar-refractivity contribution >= 4 is 28.7 Å². The summed E-state index contributed by atoms with van der Waals surface area (Å²) in [5, 5.41) is 21.9. The van der Waals surface area contributed by atoms with E-state index in [4.69, 9.17) is 0 Å². The number of fused-ring (bicyclic) bond motifs is 1. The lowest BCUT2D eigenvalue weighted by molar-refractivity contribution is -0.147. The number of aromatic nitrogens is 2. The monoisotopic (exact) mass is 343 g/mol. The van der Waals surface area contributed by atoms with Crippen molar-refractivity contribution in [3.8, 4) is 6.07 Å². The first-order chi connectivity index (χ1) is 12.0. The topological polar surface area (TPSA) is 120 Å². The number of amides is 2. The number of aliphatic hydroxyl groups is 1. The van der Waals surface area contributed by atoms with Crippen molar-refractivity contribution in [2.45, 2.75) is 18.6 Å². The Morgan fingerprint density at radius 2 is 2.24 bits per heavy atom. The molecule has 0 aliphatic carbocycles. The van der Waals surface area contributed by atoms with Crippen molar-refractivity contribution in [3.63, 3.8) is 0 Å². The molecule has 9 heteroatoms. The number of nitriles is 1. The van der Waals surface area contributed by atoms with Gasteiger partial charge >= 0.3 is 12.0 Å². The summed E-state index contributed by atoms with van der Waals surface area (Å²) in [5.41, 5.74) is 1.94. The van der Waals surface area contributed by atoms with Crippen molar-refractivity contribution < 1.29 is 19.4 Å². The molecule has 2 atom stereocenters. The minimum atomic E-state index is -1.04. The van der Waals surface area contributed by atoms with E-state index in [0.29, 0.717) is 28.7 Å². The quantitative estimate of drug-likeness (QED) is 0.770. The first-order valence-corrected chi connectivity index (χ1v) is 7.65. The van der Waals surface area contributed by atoms with E-state index < -0.39 is 24.1 Å². The molecule has 2 heterocycles. The van der Waals surface area contributed by atoms with Gasteiger partial charge in [-0.1, -0.05) is 0 Å². The molecule has 9 nitrogen and oxygen atoms in total. The number of anilines is 1.